The Hall–Kier alpha value is -3.68. The van der Waals surface area contributed by atoms with Crippen LogP contribution in [0.2, 0.25) is 0 Å². The van der Waals surface area contributed by atoms with Crippen LogP contribution in [-0.2, 0) is 18.3 Å². The molecule has 3 N–H and O–H groups in total. The smallest absolute Gasteiger partial charge is 0.353 e. The summed E-state index contributed by atoms with van der Waals surface area (Å²) >= 11 is 0. The average molecular weight is 544 g/mol. The minimum atomic E-state index is -3.77. The third-order valence-electron chi connectivity index (χ3n) is 5.56. The summed E-state index contributed by atoms with van der Waals surface area (Å²) in [5.74, 6) is 0.692. The quantitative estimate of drug-likeness (QED) is 0.147. The first-order chi connectivity index (χ1) is 18.3. The molecule has 0 spiro atoms. The van der Waals surface area contributed by atoms with E-state index in [0.29, 0.717) is 5.56 Å². The fourth-order valence-electron chi connectivity index (χ4n) is 3.86. The Kier molecular flexibility index (Phi) is 8.19. The van der Waals surface area contributed by atoms with E-state index in [1.54, 1.807) is 44.2 Å². The summed E-state index contributed by atoms with van der Waals surface area (Å²) in [7, 11) is -3.77. The number of fused-ring (bicyclic) bond motifs is 1. The largest absolute Gasteiger partial charge is 0.387 e. The summed E-state index contributed by atoms with van der Waals surface area (Å²) in [6.07, 6.45) is -1.30. The number of benzene rings is 1. The van der Waals surface area contributed by atoms with Gasteiger partial charge in [-0.1, -0.05) is 23.3 Å². The van der Waals surface area contributed by atoms with Crippen LogP contribution in [0.15, 0.2) is 60.0 Å². The predicted octanol–water partition coefficient (Wildman–Crippen LogP) is 3.12. The van der Waals surface area contributed by atoms with Crippen LogP contribution in [-0.4, -0.2) is 66.8 Å². The third kappa shape index (κ3) is 5.30. The van der Waals surface area contributed by atoms with Gasteiger partial charge < -0.3 is 29.3 Å². The minimum Gasteiger partial charge on any atom is -0.387 e. The number of carbonyl (C=O) groups excluding carboxylic acids is 1. The Balaban J connectivity index is 1.67. The summed E-state index contributed by atoms with van der Waals surface area (Å²) in [6, 6.07) is 8.48. The molecular weight excluding hydrogens is 519 g/mol. The maximum Gasteiger partial charge on any atom is 0.353 e. The Labute approximate surface area is 216 Å². The van der Waals surface area contributed by atoms with Crippen molar-refractivity contribution in [3.05, 3.63) is 70.9 Å². The number of anilines is 1. The lowest BCUT2D eigenvalue weighted by molar-refractivity contribution is -0.0695. The molecule has 1 aromatic carbocycles. The van der Waals surface area contributed by atoms with Crippen LogP contribution in [0.4, 0.5) is 5.82 Å². The van der Waals surface area contributed by atoms with E-state index in [1.165, 1.54) is 17.2 Å². The second-order valence-electron chi connectivity index (χ2n) is 7.94. The molecule has 1 saturated heterocycles. The van der Waals surface area contributed by atoms with Gasteiger partial charge in [-0.15, -0.1) is 0 Å². The van der Waals surface area contributed by atoms with E-state index in [-0.39, 0.29) is 30.2 Å². The topological polar surface area (TPSA) is 207 Å². The lowest BCUT2D eigenvalue weighted by Gasteiger charge is -2.23. The van der Waals surface area contributed by atoms with Gasteiger partial charge in [-0.3, -0.25) is 13.9 Å². The van der Waals surface area contributed by atoms with E-state index in [0.717, 1.165) is 11.9 Å². The van der Waals surface area contributed by atoms with Gasteiger partial charge in [0.15, 0.2) is 28.9 Å². The van der Waals surface area contributed by atoms with Crippen LogP contribution >= 0.6 is 7.60 Å². The number of carbonyl (C=O) groups is 1. The first-order valence-electron chi connectivity index (χ1n) is 11.5. The van der Waals surface area contributed by atoms with E-state index in [4.69, 9.17) is 13.8 Å². The molecule has 0 aliphatic carbocycles. The van der Waals surface area contributed by atoms with Crippen molar-refractivity contribution in [2.75, 3.05) is 18.5 Å². The first-order valence-corrected chi connectivity index (χ1v) is 13.1. The highest BCUT2D eigenvalue weighted by Crippen LogP contribution is 2.51. The first kappa shape index (κ1) is 27.4. The number of hydrogen-bond acceptors (Lipinski definition) is 11. The van der Waals surface area contributed by atoms with E-state index in [9.17, 15) is 25.1 Å². The molecule has 3 heterocycles. The number of nitrogens with zero attached hydrogens (tertiary/aromatic N) is 7. The van der Waals surface area contributed by atoms with Crippen molar-refractivity contribution in [2.24, 2.45) is 5.11 Å². The molecule has 1 aliphatic rings. The van der Waals surface area contributed by atoms with E-state index >= 15 is 0 Å². The van der Waals surface area contributed by atoms with Crippen LogP contribution in [0, 0.1) is 0 Å². The number of aliphatic hydroxyl groups is 2. The second kappa shape index (κ2) is 11.4. The van der Waals surface area contributed by atoms with E-state index in [1.807, 2.05) is 0 Å². The lowest BCUT2D eigenvalue weighted by Crippen LogP contribution is -2.39. The Morgan fingerprint density at radius 1 is 1.26 bits per heavy atom. The van der Waals surface area contributed by atoms with Crippen LogP contribution in [0.1, 0.15) is 30.4 Å². The number of rotatable bonds is 10. The fourth-order valence-corrected chi connectivity index (χ4v) is 5.22. The molecule has 1 aliphatic heterocycles. The van der Waals surface area contributed by atoms with Crippen LogP contribution in [0.25, 0.3) is 21.6 Å². The average Bonchev–Trinajstić information content (AvgIpc) is 3.44. The number of amides is 1. The molecule has 3 aromatic rings. The molecular formula is C22H25N8O7P. The standard InChI is InChI=1S/C22H25N8O7P/c1-3-35-38(34,36-4-2)11-10-22(28-29-23)17(32)16(31)21(37-22)30-13-26-15-18(24-12-25-19(15)30)27-20(33)14-8-6-5-7-9-14/h5-13,16-17,21,31-32H,3-4H2,1-2H3,(H,24,25,27,33)/t16-,17+,21-,22-/m1/s1. The van der Waals surface area contributed by atoms with E-state index in [2.05, 4.69) is 30.3 Å². The van der Waals surface area contributed by atoms with Crippen molar-refractivity contribution < 1.29 is 33.4 Å². The Morgan fingerprint density at radius 3 is 2.63 bits per heavy atom. The van der Waals surface area contributed by atoms with Crippen molar-refractivity contribution in [2.45, 2.75) is 38.0 Å². The van der Waals surface area contributed by atoms with Crippen molar-refractivity contribution >= 4 is 30.5 Å². The van der Waals surface area contributed by atoms with Crippen molar-refractivity contribution in [1.29, 1.82) is 0 Å². The number of azide groups is 1. The summed E-state index contributed by atoms with van der Waals surface area (Å²) < 4.78 is 30.4. The van der Waals surface area contributed by atoms with E-state index < -0.39 is 37.7 Å². The number of imidazole rings is 1. The molecule has 2 aromatic heterocycles. The lowest BCUT2D eigenvalue weighted by atomic mass is 10.1. The number of ether oxygens (including phenoxy) is 1. The molecule has 4 rings (SSSR count). The summed E-state index contributed by atoms with van der Waals surface area (Å²) in [4.78, 5) is 27.8. The minimum absolute atomic E-state index is 0.0642. The van der Waals surface area contributed by atoms with Gasteiger partial charge in [0.1, 0.15) is 18.5 Å². The van der Waals surface area contributed by atoms with Crippen molar-refractivity contribution in [3.63, 3.8) is 0 Å². The zero-order chi connectivity index (χ0) is 27.3. The fraction of sp³-hybridized carbons (Fsp3) is 0.364. The molecule has 200 valence electrons. The zero-order valence-electron chi connectivity index (χ0n) is 20.4. The molecule has 1 fully saturated rings. The molecule has 0 unspecified atom stereocenters. The third-order valence-corrected chi connectivity index (χ3v) is 7.32. The molecule has 0 saturated carbocycles. The van der Waals surface area contributed by atoms with Crippen molar-refractivity contribution in [1.82, 2.24) is 19.5 Å². The Morgan fingerprint density at radius 2 is 1.97 bits per heavy atom. The Bertz CT molecular complexity index is 1420. The monoisotopic (exact) mass is 544 g/mol. The number of hydrogen-bond donors (Lipinski definition) is 3. The van der Waals surface area contributed by atoms with Gasteiger partial charge >= 0.3 is 7.60 Å². The van der Waals surface area contributed by atoms with Crippen LogP contribution < -0.4 is 5.32 Å². The number of aliphatic hydroxyl groups excluding tert-OH is 2. The second-order valence-corrected chi connectivity index (χ2v) is 9.84. The van der Waals surface area contributed by atoms with Gasteiger partial charge in [0.05, 0.1) is 19.5 Å². The van der Waals surface area contributed by atoms with Gasteiger partial charge in [0.25, 0.3) is 5.91 Å². The van der Waals surface area contributed by atoms with Gasteiger partial charge in [0.2, 0.25) is 0 Å². The summed E-state index contributed by atoms with van der Waals surface area (Å²) in [5.41, 5.74) is 7.73. The highest BCUT2D eigenvalue weighted by Gasteiger charge is 2.54. The number of nitrogens with one attached hydrogen (secondary N) is 1. The maximum atomic E-state index is 12.9. The molecule has 0 bridgehead atoms. The van der Waals surface area contributed by atoms with Gasteiger partial charge in [-0.05, 0) is 37.6 Å². The van der Waals surface area contributed by atoms with Crippen LogP contribution in [0.3, 0.4) is 0 Å². The molecule has 4 atom stereocenters. The molecule has 16 heteroatoms. The predicted molar refractivity (Wildman–Crippen MR) is 134 cm³/mol. The molecule has 1 amide bonds. The summed E-state index contributed by atoms with van der Waals surface area (Å²) in [5, 5.41) is 27.9. The van der Waals surface area contributed by atoms with Gasteiger partial charge in [0, 0.05) is 16.3 Å². The summed E-state index contributed by atoms with van der Waals surface area (Å²) in [6.45, 7) is 3.36. The zero-order valence-corrected chi connectivity index (χ0v) is 21.3. The normalized spacial score (nSPS) is 23.5. The van der Waals surface area contributed by atoms with Crippen LogP contribution in [0.5, 0.6) is 0 Å². The highest BCUT2D eigenvalue weighted by atomic mass is 31.2. The van der Waals surface area contributed by atoms with Gasteiger partial charge in [-0.2, -0.15) is 0 Å². The maximum absolute atomic E-state index is 12.9. The number of aromatic nitrogens is 4. The van der Waals surface area contributed by atoms with Crippen molar-refractivity contribution in [3.8, 4) is 0 Å². The highest BCUT2D eigenvalue weighted by molar-refractivity contribution is 7.57. The van der Waals surface area contributed by atoms with Gasteiger partial charge in [-0.25, -0.2) is 15.0 Å². The molecule has 38 heavy (non-hydrogen) atoms. The molecule has 15 nitrogen and oxygen atoms in total. The molecule has 0 radical (unpaired) electrons. The SMILES string of the molecule is CCOP(=O)(C=C[C@@]1(N=[N+]=[N-])O[C@@H](n2cnc3c(NC(=O)c4ccccc4)ncnc32)[C@H](O)[C@@H]1O)OCC.